The first-order valence-corrected chi connectivity index (χ1v) is 5.11. The normalized spacial score (nSPS) is 62.5. The molecule has 5 atom stereocenters. The molecule has 0 aromatic rings. The van der Waals surface area contributed by atoms with E-state index in [2.05, 4.69) is 0 Å². The lowest BCUT2D eigenvalue weighted by molar-refractivity contribution is -0.0527. The fourth-order valence-corrected chi connectivity index (χ4v) is 4.05. The minimum atomic E-state index is -0.467. The maximum Gasteiger partial charge on any atom is 0.0706 e. The third-order valence-electron chi connectivity index (χ3n) is 4.46. The van der Waals surface area contributed by atoms with Crippen LogP contribution in [0, 0.1) is 17.8 Å². The fraction of sp³-hybridized carbons (Fsp3) is 1.00. The first-order chi connectivity index (χ1) is 5.71. The van der Waals surface area contributed by atoms with Crippen LogP contribution in [0.1, 0.15) is 32.1 Å². The summed E-state index contributed by atoms with van der Waals surface area (Å²) in [6, 6.07) is 0. The molecule has 2 nitrogen and oxygen atoms in total. The quantitative estimate of drug-likeness (QED) is 0.564. The molecular weight excluding hydrogens is 152 g/mol. The maximum atomic E-state index is 10.2. The van der Waals surface area contributed by atoms with Crippen LogP contribution in [0.4, 0.5) is 0 Å². The van der Waals surface area contributed by atoms with E-state index in [-0.39, 0.29) is 12.0 Å². The van der Waals surface area contributed by atoms with Crippen molar-refractivity contribution < 1.29 is 10.2 Å². The summed E-state index contributed by atoms with van der Waals surface area (Å²) >= 11 is 0. The summed E-state index contributed by atoms with van der Waals surface area (Å²) in [5.74, 6) is 1.62. The summed E-state index contributed by atoms with van der Waals surface area (Å²) in [7, 11) is 0. The lowest BCUT2D eigenvalue weighted by Crippen LogP contribution is -2.39. The SMILES string of the molecule is O[C@@H]1CC[C@H]2[C@@H]3CC[C@@](O)(C3)[C@H]21. The van der Waals surface area contributed by atoms with Crippen LogP contribution in [0.3, 0.4) is 0 Å². The summed E-state index contributed by atoms with van der Waals surface area (Å²) in [5, 5.41) is 19.9. The van der Waals surface area contributed by atoms with Crippen LogP contribution in [0.5, 0.6) is 0 Å². The maximum absolute atomic E-state index is 10.2. The third kappa shape index (κ3) is 0.686. The molecule has 0 saturated heterocycles. The van der Waals surface area contributed by atoms with E-state index in [1.165, 1.54) is 6.42 Å². The van der Waals surface area contributed by atoms with E-state index >= 15 is 0 Å². The Bertz CT molecular complexity index is 216. The summed E-state index contributed by atoms with van der Waals surface area (Å²) < 4.78 is 0. The van der Waals surface area contributed by atoms with Gasteiger partial charge in [-0.3, -0.25) is 0 Å². The van der Waals surface area contributed by atoms with Crippen LogP contribution >= 0.6 is 0 Å². The molecule has 0 radical (unpaired) electrons. The van der Waals surface area contributed by atoms with Crippen molar-refractivity contribution in [1.29, 1.82) is 0 Å². The highest BCUT2D eigenvalue weighted by atomic mass is 16.3. The molecule has 0 amide bonds. The van der Waals surface area contributed by atoms with E-state index in [1.807, 2.05) is 0 Å². The summed E-state index contributed by atoms with van der Waals surface area (Å²) in [6.45, 7) is 0. The smallest absolute Gasteiger partial charge is 0.0706 e. The Kier molecular flexibility index (Phi) is 1.25. The van der Waals surface area contributed by atoms with Gasteiger partial charge in [-0.2, -0.15) is 0 Å². The topological polar surface area (TPSA) is 40.5 Å². The minimum absolute atomic E-state index is 0.203. The summed E-state index contributed by atoms with van der Waals surface area (Å²) in [5.41, 5.74) is -0.467. The van der Waals surface area contributed by atoms with Crippen molar-refractivity contribution in [1.82, 2.24) is 0 Å². The van der Waals surface area contributed by atoms with Gasteiger partial charge in [0.05, 0.1) is 11.7 Å². The van der Waals surface area contributed by atoms with Crippen molar-refractivity contribution in [3.05, 3.63) is 0 Å². The molecule has 3 rings (SSSR count). The molecule has 3 aliphatic rings. The Morgan fingerprint density at radius 1 is 1.17 bits per heavy atom. The predicted molar refractivity (Wildman–Crippen MR) is 44.5 cm³/mol. The van der Waals surface area contributed by atoms with E-state index in [0.717, 1.165) is 31.6 Å². The second-order valence-corrected chi connectivity index (χ2v) is 4.94. The fourth-order valence-electron chi connectivity index (χ4n) is 4.05. The van der Waals surface area contributed by atoms with Crippen LogP contribution in [-0.2, 0) is 0 Å². The van der Waals surface area contributed by atoms with Gasteiger partial charge in [-0.25, -0.2) is 0 Å². The highest BCUT2D eigenvalue weighted by Crippen LogP contribution is 2.60. The lowest BCUT2D eigenvalue weighted by atomic mass is 9.78. The van der Waals surface area contributed by atoms with Crippen molar-refractivity contribution >= 4 is 0 Å². The van der Waals surface area contributed by atoms with E-state index in [1.54, 1.807) is 0 Å². The molecule has 0 spiro atoms. The summed E-state index contributed by atoms with van der Waals surface area (Å²) in [6.07, 6.45) is 4.98. The van der Waals surface area contributed by atoms with E-state index in [0.29, 0.717) is 5.92 Å². The molecule has 2 N–H and O–H groups in total. The Labute approximate surface area is 72.6 Å². The number of aliphatic hydroxyl groups excluding tert-OH is 1. The lowest BCUT2D eigenvalue weighted by Gasteiger charge is -2.33. The van der Waals surface area contributed by atoms with Crippen LogP contribution < -0.4 is 0 Å². The monoisotopic (exact) mass is 168 g/mol. The molecule has 0 unspecified atom stereocenters. The molecule has 3 aliphatic carbocycles. The van der Waals surface area contributed by atoms with Gasteiger partial charge in [0, 0.05) is 5.92 Å². The van der Waals surface area contributed by atoms with Gasteiger partial charge >= 0.3 is 0 Å². The highest BCUT2D eigenvalue weighted by molar-refractivity contribution is 5.11. The Balaban J connectivity index is 1.98. The molecule has 0 aromatic heterocycles. The molecule has 3 fully saturated rings. The second-order valence-electron chi connectivity index (χ2n) is 4.94. The zero-order valence-electron chi connectivity index (χ0n) is 7.24. The van der Waals surface area contributed by atoms with Crippen LogP contribution in [0.2, 0.25) is 0 Å². The van der Waals surface area contributed by atoms with Gasteiger partial charge in [-0.05, 0) is 43.9 Å². The van der Waals surface area contributed by atoms with Crippen molar-refractivity contribution in [2.75, 3.05) is 0 Å². The summed E-state index contributed by atoms with van der Waals surface area (Å²) in [4.78, 5) is 0. The van der Waals surface area contributed by atoms with Gasteiger partial charge in [0.2, 0.25) is 0 Å². The van der Waals surface area contributed by atoms with Gasteiger partial charge in [0.25, 0.3) is 0 Å². The molecule has 68 valence electrons. The zero-order chi connectivity index (χ0) is 8.34. The van der Waals surface area contributed by atoms with Gasteiger partial charge in [-0.15, -0.1) is 0 Å². The highest BCUT2D eigenvalue weighted by Gasteiger charge is 2.61. The molecular formula is C10H16O2. The van der Waals surface area contributed by atoms with Crippen LogP contribution in [0.25, 0.3) is 0 Å². The first kappa shape index (κ1) is 7.34. The van der Waals surface area contributed by atoms with Crippen molar-refractivity contribution in [2.45, 2.75) is 43.8 Å². The van der Waals surface area contributed by atoms with Crippen molar-refractivity contribution in [2.24, 2.45) is 17.8 Å². The number of hydrogen-bond acceptors (Lipinski definition) is 2. The molecule has 0 aromatic carbocycles. The average molecular weight is 168 g/mol. The van der Waals surface area contributed by atoms with E-state index in [9.17, 15) is 10.2 Å². The largest absolute Gasteiger partial charge is 0.393 e. The van der Waals surface area contributed by atoms with Crippen LogP contribution in [-0.4, -0.2) is 21.9 Å². The Hall–Kier alpha value is -0.0800. The number of hydrogen-bond donors (Lipinski definition) is 2. The molecule has 2 bridgehead atoms. The first-order valence-electron chi connectivity index (χ1n) is 5.11. The number of aliphatic hydroxyl groups is 2. The standard InChI is InChI=1S/C10H16O2/c11-8-2-1-7-6-3-4-10(12,5-6)9(7)8/h6-9,11-12H,1-5H2/t6-,7+,8-,9-,10-/m1/s1. The predicted octanol–water partition coefficient (Wildman–Crippen LogP) is 0.918. The number of fused-ring (bicyclic) bond motifs is 5. The molecule has 0 aliphatic heterocycles. The van der Waals surface area contributed by atoms with E-state index in [4.69, 9.17) is 0 Å². The van der Waals surface area contributed by atoms with Gasteiger partial charge < -0.3 is 10.2 Å². The Morgan fingerprint density at radius 3 is 2.75 bits per heavy atom. The van der Waals surface area contributed by atoms with Crippen molar-refractivity contribution in [3.8, 4) is 0 Å². The average Bonchev–Trinajstić information content (AvgIpc) is 2.61. The zero-order valence-corrected chi connectivity index (χ0v) is 7.24. The van der Waals surface area contributed by atoms with E-state index < -0.39 is 5.60 Å². The molecule has 0 heterocycles. The Morgan fingerprint density at radius 2 is 2.00 bits per heavy atom. The van der Waals surface area contributed by atoms with Gasteiger partial charge in [0.1, 0.15) is 0 Å². The molecule has 12 heavy (non-hydrogen) atoms. The van der Waals surface area contributed by atoms with Gasteiger partial charge in [-0.1, -0.05) is 0 Å². The minimum Gasteiger partial charge on any atom is -0.393 e. The van der Waals surface area contributed by atoms with Crippen molar-refractivity contribution in [3.63, 3.8) is 0 Å². The molecule has 3 saturated carbocycles. The third-order valence-corrected chi connectivity index (χ3v) is 4.46. The molecule has 2 heteroatoms. The van der Waals surface area contributed by atoms with Crippen LogP contribution in [0.15, 0.2) is 0 Å². The van der Waals surface area contributed by atoms with Gasteiger partial charge in [0.15, 0.2) is 0 Å². The number of rotatable bonds is 0. The second kappa shape index (κ2) is 2.05.